The molecule has 0 bridgehead atoms. The largest absolute Gasteiger partial charge is 0.307 e. The molecule has 94 valence electrons. The zero-order valence-electron chi connectivity index (χ0n) is 9.59. The van der Waals surface area contributed by atoms with Gasteiger partial charge < -0.3 is 5.43 Å². The Morgan fingerprint density at radius 3 is 2.78 bits per heavy atom. The van der Waals surface area contributed by atoms with Gasteiger partial charge in [0.1, 0.15) is 0 Å². The number of nitrogens with zero attached hydrogens (tertiary/aromatic N) is 4. The van der Waals surface area contributed by atoms with E-state index in [4.69, 9.17) is 5.84 Å². The van der Waals surface area contributed by atoms with Crippen LogP contribution in [-0.2, 0) is 6.54 Å². The molecule has 0 unspecified atom stereocenters. The van der Waals surface area contributed by atoms with Gasteiger partial charge in [-0.2, -0.15) is 0 Å². The van der Waals surface area contributed by atoms with E-state index in [1.165, 1.54) is 17.1 Å². The predicted octanol–water partition coefficient (Wildman–Crippen LogP) is 0.280. The Labute approximate surface area is 117 Å². The van der Waals surface area contributed by atoms with E-state index in [0.717, 1.165) is 5.69 Å². The number of hydrazine groups is 1. The van der Waals surface area contributed by atoms with Crippen LogP contribution in [-0.4, -0.2) is 19.5 Å². The van der Waals surface area contributed by atoms with Crippen molar-refractivity contribution in [2.24, 2.45) is 5.84 Å². The molecule has 0 aromatic carbocycles. The fourth-order valence-corrected chi connectivity index (χ4v) is 1.79. The van der Waals surface area contributed by atoms with E-state index in [2.05, 4.69) is 20.4 Å². The maximum absolute atomic E-state index is 12.0. The molecule has 0 aliphatic carbocycles. The number of nitrogen functional groups attached to an aromatic ring is 1. The van der Waals surface area contributed by atoms with Crippen molar-refractivity contribution in [2.45, 2.75) is 13.5 Å². The Balaban J connectivity index is 2.28. The van der Waals surface area contributed by atoms with Crippen molar-refractivity contribution in [1.82, 2.24) is 19.5 Å². The summed E-state index contributed by atoms with van der Waals surface area (Å²) in [7, 11) is 0. The molecule has 3 N–H and O–H groups in total. The lowest BCUT2D eigenvalue weighted by Gasteiger charge is -2.06. The highest BCUT2D eigenvalue weighted by atomic mass is 127. The number of nitrogens with one attached hydrogen (secondary N) is 1. The molecular weight excluding hydrogens is 347 g/mol. The van der Waals surface area contributed by atoms with Gasteiger partial charge in [0.15, 0.2) is 5.82 Å². The average Bonchev–Trinajstić information content (AvgIpc) is 2.40. The van der Waals surface area contributed by atoms with E-state index in [1.807, 2.05) is 22.6 Å². The van der Waals surface area contributed by atoms with Crippen LogP contribution in [0.15, 0.2) is 23.5 Å². The number of anilines is 1. The minimum absolute atomic E-state index is 0.0778. The summed E-state index contributed by atoms with van der Waals surface area (Å²) in [4.78, 5) is 24.3. The van der Waals surface area contributed by atoms with Crippen LogP contribution < -0.4 is 16.8 Å². The highest BCUT2D eigenvalue weighted by Crippen LogP contribution is 2.03. The lowest BCUT2D eigenvalue weighted by molar-refractivity contribution is 0.704. The standard InChI is InChI=1S/C10H11IN6O/c1-6-9(11)10(18)17(5-15-6)4-7-2-14-8(16-12)3-13-7/h2-3,5H,4,12H2,1H3,(H,14,16). The van der Waals surface area contributed by atoms with Gasteiger partial charge in [-0.3, -0.25) is 14.3 Å². The topological polar surface area (TPSA) is 98.7 Å². The second-order valence-electron chi connectivity index (χ2n) is 3.61. The second-order valence-corrected chi connectivity index (χ2v) is 4.69. The summed E-state index contributed by atoms with van der Waals surface area (Å²) in [6.07, 6.45) is 4.58. The normalized spacial score (nSPS) is 10.4. The Kier molecular flexibility index (Phi) is 3.87. The molecule has 0 aliphatic heterocycles. The molecule has 7 nitrogen and oxygen atoms in total. The number of halogens is 1. The molecule has 0 aliphatic rings. The van der Waals surface area contributed by atoms with Crippen molar-refractivity contribution in [3.63, 3.8) is 0 Å². The monoisotopic (exact) mass is 358 g/mol. The number of hydrogen-bond donors (Lipinski definition) is 2. The number of hydrogen-bond acceptors (Lipinski definition) is 6. The summed E-state index contributed by atoms with van der Waals surface area (Å²) in [5.41, 5.74) is 3.70. The van der Waals surface area contributed by atoms with Crippen LogP contribution in [0.1, 0.15) is 11.4 Å². The minimum atomic E-state index is -0.0778. The summed E-state index contributed by atoms with van der Waals surface area (Å²) >= 11 is 1.99. The lowest BCUT2D eigenvalue weighted by Crippen LogP contribution is -2.25. The van der Waals surface area contributed by atoms with Crippen LogP contribution in [0.3, 0.4) is 0 Å². The summed E-state index contributed by atoms with van der Waals surface area (Å²) in [5, 5.41) is 0. The highest BCUT2D eigenvalue weighted by Gasteiger charge is 2.06. The highest BCUT2D eigenvalue weighted by molar-refractivity contribution is 14.1. The summed E-state index contributed by atoms with van der Waals surface area (Å²) in [6, 6.07) is 0. The third-order valence-corrected chi connectivity index (χ3v) is 3.58. The molecule has 0 amide bonds. The number of nitrogens with two attached hydrogens (primary N) is 1. The molecule has 2 rings (SSSR count). The van der Waals surface area contributed by atoms with Crippen molar-refractivity contribution in [3.8, 4) is 0 Å². The van der Waals surface area contributed by atoms with Gasteiger partial charge in [-0.05, 0) is 29.5 Å². The SMILES string of the molecule is Cc1ncn(Cc2cnc(NN)cn2)c(=O)c1I. The van der Waals surface area contributed by atoms with E-state index in [1.54, 1.807) is 13.1 Å². The Hall–Kier alpha value is -1.55. The lowest BCUT2D eigenvalue weighted by atomic mass is 10.4. The molecule has 0 radical (unpaired) electrons. The number of aromatic nitrogens is 4. The summed E-state index contributed by atoms with van der Waals surface area (Å²) in [5.74, 6) is 5.67. The van der Waals surface area contributed by atoms with Crippen molar-refractivity contribution in [1.29, 1.82) is 0 Å². The molecule has 0 fully saturated rings. The zero-order chi connectivity index (χ0) is 13.1. The van der Waals surface area contributed by atoms with E-state index < -0.39 is 0 Å². The quantitative estimate of drug-likeness (QED) is 0.465. The molecule has 18 heavy (non-hydrogen) atoms. The molecular formula is C10H11IN6O. The van der Waals surface area contributed by atoms with Crippen molar-refractivity contribution < 1.29 is 0 Å². The van der Waals surface area contributed by atoms with Crippen LogP contribution in [0.25, 0.3) is 0 Å². The van der Waals surface area contributed by atoms with Crippen LogP contribution in [0.4, 0.5) is 5.82 Å². The van der Waals surface area contributed by atoms with E-state index in [-0.39, 0.29) is 5.56 Å². The third kappa shape index (κ3) is 2.64. The van der Waals surface area contributed by atoms with Gasteiger partial charge in [0.25, 0.3) is 5.56 Å². The average molecular weight is 358 g/mol. The first kappa shape index (κ1) is 12.9. The first-order valence-electron chi connectivity index (χ1n) is 5.11. The van der Waals surface area contributed by atoms with Crippen molar-refractivity contribution >= 4 is 28.4 Å². The van der Waals surface area contributed by atoms with Gasteiger partial charge in [0, 0.05) is 0 Å². The van der Waals surface area contributed by atoms with Crippen LogP contribution in [0, 0.1) is 10.5 Å². The maximum Gasteiger partial charge on any atom is 0.267 e. The molecule has 0 saturated heterocycles. The minimum Gasteiger partial charge on any atom is -0.307 e. The fourth-order valence-electron chi connectivity index (χ4n) is 1.34. The van der Waals surface area contributed by atoms with Gasteiger partial charge in [-0.15, -0.1) is 0 Å². The van der Waals surface area contributed by atoms with Gasteiger partial charge in [-0.1, -0.05) is 0 Å². The van der Waals surface area contributed by atoms with Crippen LogP contribution >= 0.6 is 22.6 Å². The van der Waals surface area contributed by atoms with Gasteiger partial charge in [0.05, 0.1) is 40.2 Å². The molecule has 8 heteroatoms. The van der Waals surface area contributed by atoms with Crippen molar-refractivity contribution in [2.75, 3.05) is 5.43 Å². The predicted molar refractivity (Wildman–Crippen MR) is 74.9 cm³/mol. The molecule has 0 spiro atoms. The first-order chi connectivity index (χ1) is 8.61. The smallest absolute Gasteiger partial charge is 0.267 e. The Bertz CT molecular complexity index is 609. The van der Waals surface area contributed by atoms with Crippen molar-refractivity contribution in [3.05, 3.63) is 44.0 Å². The molecule has 0 atom stereocenters. The second kappa shape index (κ2) is 5.40. The Morgan fingerprint density at radius 2 is 2.17 bits per heavy atom. The molecule has 0 saturated carbocycles. The van der Waals surface area contributed by atoms with Crippen LogP contribution in [0.2, 0.25) is 0 Å². The summed E-state index contributed by atoms with van der Waals surface area (Å²) in [6.45, 7) is 2.13. The van der Waals surface area contributed by atoms with E-state index in [9.17, 15) is 4.79 Å². The molecule has 2 heterocycles. The van der Waals surface area contributed by atoms with E-state index in [0.29, 0.717) is 21.6 Å². The first-order valence-corrected chi connectivity index (χ1v) is 6.18. The summed E-state index contributed by atoms with van der Waals surface area (Å²) < 4.78 is 2.11. The van der Waals surface area contributed by atoms with E-state index >= 15 is 0 Å². The van der Waals surface area contributed by atoms with Gasteiger partial charge >= 0.3 is 0 Å². The molecule has 2 aromatic rings. The van der Waals surface area contributed by atoms with Crippen LogP contribution in [0.5, 0.6) is 0 Å². The molecule has 2 aromatic heterocycles. The Morgan fingerprint density at radius 1 is 1.39 bits per heavy atom. The van der Waals surface area contributed by atoms with Gasteiger partial charge in [0.2, 0.25) is 0 Å². The number of aryl methyl sites for hydroxylation is 1. The maximum atomic E-state index is 12.0. The zero-order valence-corrected chi connectivity index (χ0v) is 11.7. The van der Waals surface area contributed by atoms with Gasteiger partial charge in [-0.25, -0.2) is 15.8 Å². The fraction of sp³-hybridized carbons (Fsp3) is 0.200. The number of rotatable bonds is 3. The third-order valence-electron chi connectivity index (χ3n) is 2.34.